The van der Waals surface area contributed by atoms with E-state index in [-0.39, 0.29) is 28.8 Å². The van der Waals surface area contributed by atoms with Crippen LogP contribution in [0.15, 0.2) is 15.7 Å². The molecule has 0 aliphatic heterocycles. The Hall–Kier alpha value is -1.43. The Kier molecular flexibility index (Phi) is 4.98. The maximum Gasteiger partial charge on any atom is 0.304 e. The standard InChI is InChI=1S/C13H16N2O4S2/c14-9-10-6-8-20-13(10)21(18,19)15(7-5-12(16)17)11-3-1-2-4-11/h6,8,11H,1-5,7H2,(H,16,17). The Balaban J connectivity index is 2.34. The largest absolute Gasteiger partial charge is 0.481 e. The van der Waals surface area contributed by atoms with Crippen LogP contribution in [0.1, 0.15) is 37.7 Å². The van der Waals surface area contributed by atoms with Crippen LogP contribution in [0, 0.1) is 11.3 Å². The molecule has 1 aliphatic rings. The number of rotatable bonds is 6. The summed E-state index contributed by atoms with van der Waals surface area (Å²) in [6, 6.07) is 3.19. The molecule has 0 aromatic carbocycles. The maximum absolute atomic E-state index is 12.8. The van der Waals surface area contributed by atoms with Gasteiger partial charge in [0.2, 0.25) is 0 Å². The third kappa shape index (κ3) is 3.43. The molecule has 8 heteroatoms. The molecule has 1 heterocycles. The van der Waals surface area contributed by atoms with Crippen LogP contribution in [0.5, 0.6) is 0 Å². The second kappa shape index (κ2) is 6.56. The molecule has 0 spiro atoms. The van der Waals surface area contributed by atoms with E-state index in [1.54, 1.807) is 5.38 Å². The third-order valence-electron chi connectivity index (χ3n) is 3.57. The summed E-state index contributed by atoms with van der Waals surface area (Å²) in [5.41, 5.74) is 0.123. The Labute approximate surface area is 127 Å². The summed E-state index contributed by atoms with van der Waals surface area (Å²) < 4.78 is 26.8. The summed E-state index contributed by atoms with van der Waals surface area (Å²) in [6.45, 7) is -0.0505. The van der Waals surface area contributed by atoms with E-state index in [9.17, 15) is 13.2 Å². The minimum absolute atomic E-state index is 0.0160. The predicted octanol–water partition coefficient (Wildman–Crippen LogP) is 2.03. The van der Waals surface area contributed by atoms with E-state index in [1.165, 1.54) is 10.4 Å². The van der Waals surface area contributed by atoms with Gasteiger partial charge in [0.25, 0.3) is 10.0 Å². The first kappa shape index (κ1) is 15.9. The molecule has 114 valence electrons. The van der Waals surface area contributed by atoms with Gasteiger partial charge in [0.05, 0.1) is 12.0 Å². The van der Waals surface area contributed by atoms with Gasteiger partial charge in [-0.3, -0.25) is 4.79 Å². The topological polar surface area (TPSA) is 98.5 Å². The van der Waals surface area contributed by atoms with Crippen molar-refractivity contribution in [1.82, 2.24) is 4.31 Å². The summed E-state index contributed by atoms with van der Waals surface area (Å²) in [5.74, 6) is -1.03. The van der Waals surface area contributed by atoms with Gasteiger partial charge in [-0.15, -0.1) is 11.3 Å². The molecule has 1 aliphatic carbocycles. The van der Waals surface area contributed by atoms with E-state index in [1.807, 2.05) is 6.07 Å². The van der Waals surface area contributed by atoms with Crippen LogP contribution in [-0.2, 0) is 14.8 Å². The molecule has 21 heavy (non-hydrogen) atoms. The molecule has 0 amide bonds. The highest BCUT2D eigenvalue weighted by atomic mass is 32.2. The maximum atomic E-state index is 12.8. The van der Waals surface area contributed by atoms with Crippen LogP contribution in [0.25, 0.3) is 0 Å². The number of nitrogens with zero attached hydrogens (tertiary/aromatic N) is 2. The van der Waals surface area contributed by atoms with Gasteiger partial charge in [0.1, 0.15) is 6.07 Å². The lowest BCUT2D eigenvalue weighted by Gasteiger charge is -2.27. The van der Waals surface area contributed by atoms with Crippen molar-refractivity contribution in [2.75, 3.05) is 6.54 Å². The fourth-order valence-electron chi connectivity index (χ4n) is 2.58. The van der Waals surface area contributed by atoms with Crippen molar-refractivity contribution in [3.8, 4) is 6.07 Å². The Morgan fingerprint density at radius 2 is 2.14 bits per heavy atom. The van der Waals surface area contributed by atoms with Crippen LogP contribution in [0.2, 0.25) is 0 Å². The number of aliphatic carboxylic acids is 1. The Bertz CT molecular complexity index is 654. The highest BCUT2D eigenvalue weighted by Gasteiger charge is 2.35. The van der Waals surface area contributed by atoms with Gasteiger partial charge in [0.15, 0.2) is 4.21 Å². The number of sulfonamides is 1. The molecule has 1 saturated carbocycles. The van der Waals surface area contributed by atoms with Crippen molar-refractivity contribution in [1.29, 1.82) is 5.26 Å². The molecule has 2 rings (SSSR count). The number of carboxylic acid groups (broad SMARTS) is 1. The van der Waals surface area contributed by atoms with Crippen molar-refractivity contribution >= 4 is 27.3 Å². The molecule has 0 saturated heterocycles. The number of nitriles is 1. The number of hydrogen-bond donors (Lipinski definition) is 1. The number of carbonyl (C=O) groups is 1. The van der Waals surface area contributed by atoms with Gasteiger partial charge in [-0.05, 0) is 24.3 Å². The summed E-state index contributed by atoms with van der Waals surface area (Å²) in [5, 5.41) is 19.4. The second-order valence-electron chi connectivity index (χ2n) is 4.93. The van der Waals surface area contributed by atoms with Gasteiger partial charge in [0, 0.05) is 12.6 Å². The van der Waals surface area contributed by atoms with Gasteiger partial charge in [-0.1, -0.05) is 12.8 Å². The highest BCUT2D eigenvalue weighted by Crippen LogP contribution is 2.32. The summed E-state index contributed by atoms with van der Waals surface area (Å²) >= 11 is 1.00. The van der Waals surface area contributed by atoms with Gasteiger partial charge in [-0.2, -0.15) is 9.57 Å². The molecule has 0 unspecified atom stereocenters. The zero-order valence-electron chi connectivity index (χ0n) is 11.4. The van der Waals surface area contributed by atoms with E-state index >= 15 is 0 Å². The average molecular weight is 328 g/mol. The second-order valence-corrected chi connectivity index (χ2v) is 7.93. The normalized spacial score (nSPS) is 16.2. The Morgan fingerprint density at radius 3 is 2.71 bits per heavy atom. The quantitative estimate of drug-likeness (QED) is 0.861. The minimum atomic E-state index is -3.81. The number of carboxylic acids is 1. The van der Waals surface area contributed by atoms with Gasteiger partial charge < -0.3 is 5.11 Å². The van der Waals surface area contributed by atoms with E-state index in [4.69, 9.17) is 10.4 Å². The molecule has 0 bridgehead atoms. The van der Waals surface area contributed by atoms with Crippen LogP contribution in [-0.4, -0.2) is 36.4 Å². The monoisotopic (exact) mass is 328 g/mol. The lowest BCUT2D eigenvalue weighted by molar-refractivity contribution is -0.137. The molecular formula is C13H16N2O4S2. The number of thiophene rings is 1. The predicted molar refractivity (Wildman–Crippen MR) is 77.4 cm³/mol. The molecule has 1 aromatic rings. The summed E-state index contributed by atoms with van der Waals surface area (Å²) in [4.78, 5) is 10.8. The van der Waals surface area contributed by atoms with Crippen LogP contribution in [0.4, 0.5) is 0 Å². The minimum Gasteiger partial charge on any atom is -0.481 e. The first-order valence-corrected chi connectivity index (χ1v) is 9.00. The number of hydrogen-bond acceptors (Lipinski definition) is 5. The molecule has 0 atom stereocenters. The third-order valence-corrected chi connectivity index (χ3v) is 6.98. The summed E-state index contributed by atoms with van der Waals surface area (Å²) in [7, 11) is -3.81. The summed E-state index contributed by atoms with van der Waals surface area (Å²) in [6.07, 6.45) is 3.14. The first-order chi connectivity index (χ1) is 9.96. The van der Waals surface area contributed by atoms with Crippen LogP contribution >= 0.6 is 11.3 Å². The molecule has 1 fully saturated rings. The van der Waals surface area contributed by atoms with Crippen molar-refractivity contribution in [2.45, 2.75) is 42.4 Å². The van der Waals surface area contributed by atoms with Crippen LogP contribution in [0.3, 0.4) is 0 Å². The molecular weight excluding hydrogens is 312 g/mol. The molecule has 1 N–H and O–H groups in total. The fourth-order valence-corrected chi connectivity index (χ4v) is 5.63. The van der Waals surface area contributed by atoms with E-state index < -0.39 is 16.0 Å². The Morgan fingerprint density at radius 1 is 1.48 bits per heavy atom. The first-order valence-electron chi connectivity index (χ1n) is 6.68. The van der Waals surface area contributed by atoms with Crippen molar-refractivity contribution in [3.63, 3.8) is 0 Å². The fraction of sp³-hybridized carbons (Fsp3) is 0.538. The van der Waals surface area contributed by atoms with Gasteiger partial charge >= 0.3 is 5.97 Å². The zero-order chi connectivity index (χ0) is 15.5. The van der Waals surface area contributed by atoms with Crippen LogP contribution < -0.4 is 0 Å². The van der Waals surface area contributed by atoms with E-state index in [2.05, 4.69) is 0 Å². The molecule has 6 nitrogen and oxygen atoms in total. The molecule has 0 radical (unpaired) electrons. The van der Waals surface area contributed by atoms with E-state index in [0.717, 1.165) is 37.0 Å². The lowest BCUT2D eigenvalue weighted by atomic mass is 10.2. The van der Waals surface area contributed by atoms with E-state index in [0.29, 0.717) is 0 Å². The SMILES string of the molecule is N#Cc1ccsc1S(=O)(=O)N(CCC(=O)O)C1CCCC1. The van der Waals surface area contributed by atoms with Gasteiger partial charge in [-0.25, -0.2) is 8.42 Å². The van der Waals surface area contributed by atoms with Crippen molar-refractivity contribution in [3.05, 3.63) is 17.0 Å². The van der Waals surface area contributed by atoms with Crippen molar-refractivity contribution < 1.29 is 18.3 Å². The smallest absolute Gasteiger partial charge is 0.304 e. The molecule has 1 aromatic heterocycles. The zero-order valence-corrected chi connectivity index (χ0v) is 13.0. The lowest BCUT2D eigenvalue weighted by Crippen LogP contribution is -2.40. The average Bonchev–Trinajstić information content (AvgIpc) is 3.09. The van der Waals surface area contributed by atoms with Crippen molar-refractivity contribution in [2.24, 2.45) is 0 Å². The highest BCUT2D eigenvalue weighted by molar-refractivity contribution is 7.91.